The maximum Gasteiger partial charge on any atom is 0.303 e. The highest BCUT2D eigenvalue weighted by molar-refractivity contribution is 8.00. The summed E-state index contributed by atoms with van der Waals surface area (Å²) in [6.07, 6.45) is 0.322. The third kappa shape index (κ3) is 6.46. The zero-order valence-corrected chi connectivity index (χ0v) is 12.4. The molecule has 7 nitrogen and oxygen atoms in total. The Balaban J connectivity index is 2.46. The lowest BCUT2D eigenvalue weighted by atomic mass is 10.3. The summed E-state index contributed by atoms with van der Waals surface area (Å²) < 4.78 is 0. The number of carbonyl (C=O) groups excluding carboxylic acids is 1. The number of nitrogens with zero attached hydrogens (tertiary/aromatic N) is 1. The molecule has 1 rings (SSSR count). The van der Waals surface area contributed by atoms with Gasteiger partial charge in [-0.3, -0.25) is 19.7 Å². The van der Waals surface area contributed by atoms with Crippen molar-refractivity contribution >= 4 is 40.9 Å². The Morgan fingerprint density at radius 3 is 2.76 bits per heavy atom. The molecule has 0 heterocycles. The third-order valence-electron chi connectivity index (χ3n) is 2.37. The first-order valence-electron chi connectivity index (χ1n) is 5.95. The van der Waals surface area contributed by atoms with Crippen molar-refractivity contribution in [1.82, 2.24) is 5.32 Å². The first-order chi connectivity index (χ1) is 9.90. The van der Waals surface area contributed by atoms with Crippen LogP contribution in [0.15, 0.2) is 23.1 Å². The van der Waals surface area contributed by atoms with E-state index in [0.717, 1.165) is 11.8 Å². The number of carboxylic acids is 1. The molecule has 0 radical (unpaired) electrons. The third-order valence-corrected chi connectivity index (χ3v) is 3.66. The molecule has 2 N–H and O–H groups in total. The second-order valence-electron chi connectivity index (χ2n) is 4.01. The zero-order chi connectivity index (χ0) is 15.8. The maximum absolute atomic E-state index is 11.5. The summed E-state index contributed by atoms with van der Waals surface area (Å²) >= 11 is 6.72. The second kappa shape index (κ2) is 8.48. The number of hydrogen-bond donors (Lipinski definition) is 2. The predicted octanol–water partition coefficient (Wildman–Crippen LogP) is 2.32. The molecule has 0 aliphatic heterocycles. The van der Waals surface area contributed by atoms with Gasteiger partial charge in [-0.2, -0.15) is 0 Å². The van der Waals surface area contributed by atoms with Crippen molar-refractivity contribution in [2.45, 2.75) is 17.7 Å². The summed E-state index contributed by atoms with van der Waals surface area (Å²) in [7, 11) is 0. The number of nitro groups is 1. The molecule has 114 valence electrons. The largest absolute Gasteiger partial charge is 0.481 e. The predicted molar refractivity (Wildman–Crippen MR) is 78.7 cm³/mol. The molecule has 1 aromatic carbocycles. The van der Waals surface area contributed by atoms with Gasteiger partial charge in [0.05, 0.1) is 15.6 Å². The van der Waals surface area contributed by atoms with Gasteiger partial charge in [-0.15, -0.1) is 11.8 Å². The van der Waals surface area contributed by atoms with E-state index < -0.39 is 10.9 Å². The Morgan fingerprint density at radius 1 is 1.43 bits per heavy atom. The summed E-state index contributed by atoms with van der Waals surface area (Å²) in [5.41, 5.74) is -0.147. The summed E-state index contributed by atoms with van der Waals surface area (Å²) in [5, 5.41) is 22.1. The average Bonchev–Trinajstić information content (AvgIpc) is 2.41. The van der Waals surface area contributed by atoms with Gasteiger partial charge in [-0.1, -0.05) is 11.6 Å². The van der Waals surface area contributed by atoms with Gasteiger partial charge in [0.1, 0.15) is 0 Å². The van der Waals surface area contributed by atoms with Crippen LogP contribution in [0.5, 0.6) is 0 Å². The normalized spacial score (nSPS) is 10.1. The first-order valence-corrected chi connectivity index (χ1v) is 7.31. The van der Waals surface area contributed by atoms with Crippen LogP contribution in [-0.4, -0.2) is 34.2 Å². The van der Waals surface area contributed by atoms with E-state index in [4.69, 9.17) is 16.7 Å². The Bertz CT molecular complexity index is 552. The SMILES string of the molecule is O=C(O)CCCNC(=O)CSc1ccc(Cl)cc1[N+](=O)[O-]. The van der Waals surface area contributed by atoms with E-state index in [1.165, 1.54) is 18.2 Å². The van der Waals surface area contributed by atoms with Crippen molar-refractivity contribution in [2.75, 3.05) is 12.3 Å². The van der Waals surface area contributed by atoms with Crippen molar-refractivity contribution in [3.8, 4) is 0 Å². The fourth-order valence-electron chi connectivity index (χ4n) is 1.42. The molecular formula is C12H13ClN2O5S. The number of carboxylic acid groups (broad SMARTS) is 1. The Kier molecular flexibility index (Phi) is 6.97. The first kappa shape index (κ1) is 17.3. The van der Waals surface area contributed by atoms with Crippen LogP contribution in [0.4, 0.5) is 5.69 Å². The molecule has 0 saturated carbocycles. The van der Waals surface area contributed by atoms with E-state index in [-0.39, 0.29) is 35.3 Å². The Labute approximate surface area is 129 Å². The fourth-order valence-corrected chi connectivity index (χ4v) is 2.42. The van der Waals surface area contributed by atoms with Crippen molar-refractivity contribution in [3.05, 3.63) is 33.3 Å². The molecule has 21 heavy (non-hydrogen) atoms. The quantitative estimate of drug-likeness (QED) is 0.327. The number of hydrogen-bond acceptors (Lipinski definition) is 5. The van der Waals surface area contributed by atoms with E-state index in [1.54, 1.807) is 0 Å². The van der Waals surface area contributed by atoms with Crippen LogP contribution in [0.3, 0.4) is 0 Å². The van der Waals surface area contributed by atoms with Crippen LogP contribution < -0.4 is 5.32 Å². The number of carbonyl (C=O) groups is 2. The molecule has 0 spiro atoms. The van der Waals surface area contributed by atoms with Gasteiger partial charge in [0.25, 0.3) is 5.69 Å². The molecule has 1 aromatic rings. The summed E-state index contributed by atoms with van der Waals surface area (Å²) in [6, 6.07) is 4.24. The smallest absolute Gasteiger partial charge is 0.303 e. The molecule has 0 aromatic heterocycles. The minimum absolute atomic E-state index is 0.00947. The van der Waals surface area contributed by atoms with Gasteiger partial charge < -0.3 is 10.4 Å². The topological polar surface area (TPSA) is 110 Å². The zero-order valence-electron chi connectivity index (χ0n) is 10.9. The lowest BCUT2D eigenvalue weighted by Gasteiger charge is -2.05. The molecule has 9 heteroatoms. The van der Waals surface area contributed by atoms with Gasteiger partial charge in [0.15, 0.2) is 0 Å². The number of amides is 1. The summed E-state index contributed by atoms with van der Waals surface area (Å²) in [6.45, 7) is 0.258. The van der Waals surface area contributed by atoms with Gasteiger partial charge in [-0.25, -0.2) is 0 Å². The molecule has 0 unspecified atom stereocenters. The van der Waals surface area contributed by atoms with Crippen molar-refractivity contribution in [1.29, 1.82) is 0 Å². The minimum Gasteiger partial charge on any atom is -0.481 e. The van der Waals surface area contributed by atoms with Crippen LogP contribution in [0, 0.1) is 10.1 Å². The molecule has 1 amide bonds. The van der Waals surface area contributed by atoms with E-state index in [2.05, 4.69) is 5.32 Å². The highest BCUT2D eigenvalue weighted by atomic mass is 35.5. The minimum atomic E-state index is -0.921. The molecule has 0 fully saturated rings. The fraction of sp³-hybridized carbons (Fsp3) is 0.333. The lowest BCUT2D eigenvalue weighted by molar-refractivity contribution is -0.387. The lowest BCUT2D eigenvalue weighted by Crippen LogP contribution is -2.26. The second-order valence-corrected chi connectivity index (χ2v) is 5.46. The highest BCUT2D eigenvalue weighted by Gasteiger charge is 2.15. The van der Waals surface area contributed by atoms with Gasteiger partial charge in [0.2, 0.25) is 5.91 Å². The van der Waals surface area contributed by atoms with E-state index in [9.17, 15) is 19.7 Å². The molecule has 0 atom stereocenters. The number of nitro benzene ring substituents is 1. The average molecular weight is 333 g/mol. The standard InChI is InChI=1S/C12H13ClN2O5S/c13-8-3-4-10(9(6-8)15(19)20)21-7-11(16)14-5-1-2-12(17)18/h3-4,6H,1-2,5,7H2,(H,14,16)(H,17,18). The highest BCUT2D eigenvalue weighted by Crippen LogP contribution is 2.31. The summed E-state index contributed by atoms with van der Waals surface area (Å²) in [4.78, 5) is 32.5. The molecule has 0 bridgehead atoms. The van der Waals surface area contributed by atoms with Crippen LogP contribution in [0.25, 0.3) is 0 Å². The van der Waals surface area contributed by atoms with Crippen LogP contribution >= 0.6 is 23.4 Å². The van der Waals surface area contributed by atoms with Gasteiger partial charge >= 0.3 is 5.97 Å². The van der Waals surface area contributed by atoms with Crippen LogP contribution in [-0.2, 0) is 9.59 Å². The van der Waals surface area contributed by atoms with Gasteiger partial charge in [0, 0.05) is 24.1 Å². The molecule has 0 saturated heterocycles. The molecule has 0 aliphatic rings. The Morgan fingerprint density at radius 2 is 2.14 bits per heavy atom. The molecular weight excluding hydrogens is 320 g/mol. The Hall–Kier alpha value is -1.80. The van der Waals surface area contributed by atoms with Gasteiger partial charge in [-0.05, 0) is 18.6 Å². The van der Waals surface area contributed by atoms with Crippen LogP contribution in [0.1, 0.15) is 12.8 Å². The number of thioether (sulfide) groups is 1. The number of nitrogens with one attached hydrogen (secondary N) is 1. The number of aliphatic carboxylic acids is 1. The number of rotatable bonds is 8. The number of benzene rings is 1. The monoisotopic (exact) mass is 332 g/mol. The van der Waals surface area contributed by atoms with E-state index in [0.29, 0.717) is 11.3 Å². The van der Waals surface area contributed by atoms with Crippen LogP contribution in [0.2, 0.25) is 5.02 Å². The number of halogens is 1. The van der Waals surface area contributed by atoms with E-state index >= 15 is 0 Å². The van der Waals surface area contributed by atoms with Crippen molar-refractivity contribution in [2.24, 2.45) is 0 Å². The maximum atomic E-state index is 11.5. The molecule has 0 aliphatic carbocycles. The van der Waals surface area contributed by atoms with Crippen molar-refractivity contribution in [3.63, 3.8) is 0 Å². The summed E-state index contributed by atoms with van der Waals surface area (Å²) in [5.74, 6) is -1.22. The van der Waals surface area contributed by atoms with Crippen molar-refractivity contribution < 1.29 is 19.6 Å². The van der Waals surface area contributed by atoms with E-state index in [1.807, 2.05) is 0 Å².